The van der Waals surface area contributed by atoms with Gasteiger partial charge in [-0.15, -0.1) is 0 Å². The number of sulfone groups is 1. The van der Waals surface area contributed by atoms with Crippen LogP contribution in [0.5, 0.6) is 0 Å². The van der Waals surface area contributed by atoms with Crippen molar-refractivity contribution in [3.63, 3.8) is 0 Å². The molecule has 2 aliphatic rings. The first-order valence-corrected chi connectivity index (χ1v) is 8.21. The van der Waals surface area contributed by atoms with E-state index in [1.165, 1.54) is 19.1 Å². The lowest BCUT2D eigenvalue weighted by atomic mass is 9.95. The molecule has 0 saturated carbocycles. The van der Waals surface area contributed by atoms with Crippen LogP contribution in [0.25, 0.3) is 6.08 Å². The first kappa shape index (κ1) is 14.7. The van der Waals surface area contributed by atoms with Crippen molar-refractivity contribution in [3.05, 3.63) is 36.2 Å². The molecule has 2 fully saturated rings. The number of carboxylic acid groups (broad SMARTS) is 1. The molecule has 0 aromatic carbocycles. The van der Waals surface area contributed by atoms with E-state index in [0.29, 0.717) is 5.69 Å². The van der Waals surface area contributed by atoms with E-state index in [4.69, 9.17) is 0 Å². The average Bonchev–Trinajstić information content (AvgIpc) is 2.61. The van der Waals surface area contributed by atoms with E-state index in [9.17, 15) is 23.1 Å². The third-order valence-corrected chi connectivity index (χ3v) is 6.94. The van der Waals surface area contributed by atoms with Crippen LogP contribution in [0.2, 0.25) is 0 Å². The van der Waals surface area contributed by atoms with E-state index in [0.717, 1.165) is 4.90 Å². The maximum Gasteiger partial charge on any atom is 0.328 e. The number of aromatic nitrogens is 1. The number of fused-ring (bicyclic) bond motifs is 1. The van der Waals surface area contributed by atoms with Crippen LogP contribution in [0.15, 0.2) is 30.5 Å². The van der Waals surface area contributed by atoms with Gasteiger partial charge in [-0.1, -0.05) is 12.1 Å². The van der Waals surface area contributed by atoms with Crippen molar-refractivity contribution in [2.75, 3.05) is 0 Å². The van der Waals surface area contributed by atoms with E-state index in [1.54, 1.807) is 24.4 Å². The van der Waals surface area contributed by atoms with Crippen LogP contribution >= 0.6 is 0 Å². The summed E-state index contributed by atoms with van der Waals surface area (Å²) in [6.07, 6.45) is 4.20. The van der Waals surface area contributed by atoms with Gasteiger partial charge >= 0.3 is 5.97 Å². The fourth-order valence-electron chi connectivity index (χ4n) is 2.97. The SMILES string of the molecule is C[C@]1(/C=C\c2ccccn2)[C@H](C(=O)O)N2C(=O)C[C@H]2S1(=O)=O. The van der Waals surface area contributed by atoms with Crippen LogP contribution in [-0.4, -0.2) is 51.4 Å². The number of hydrogen-bond donors (Lipinski definition) is 1. The zero-order valence-corrected chi connectivity index (χ0v) is 12.5. The smallest absolute Gasteiger partial charge is 0.328 e. The number of rotatable bonds is 3. The lowest BCUT2D eigenvalue weighted by Crippen LogP contribution is -2.57. The number of hydrogen-bond acceptors (Lipinski definition) is 5. The molecule has 3 rings (SSSR count). The van der Waals surface area contributed by atoms with Crippen molar-refractivity contribution in [1.29, 1.82) is 0 Å². The van der Waals surface area contributed by atoms with Gasteiger partial charge in [-0.2, -0.15) is 0 Å². The molecule has 3 heterocycles. The Morgan fingerprint density at radius 1 is 1.50 bits per heavy atom. The Morgan fingerprint density at radius 3 is 2.77 bits per heavy atom. The lowest BCUT2D eigenvalue weighted by molar-refractivity contribution is -0.157. The van der Waals surface area contributed by atoms with Gasteiger partial charge in [0, 0.05) is 6.20 Å². The van der Waals surface area contributed by atoms with Gasteiger partial charge in [0.15, 0.2) is 15.9 Å². The molecule has 2 aliphatic heterocycles. The van der Waals surface area contributed by atoms with Gasteiger partial charge in [0.1, 0.15) is 10.1 Å². The van der Waals surface area contributed by atoms with Crippen LogP contribution in [0.1, 0.15) is 19.0 Å². The van der Waals surface area contributed by atoms with E-state index in [1.807, 2.05) is 0 Å². The second-order valence-electron chi connectivity index (χ2n) is 5.52. The number of β-lactam (4-membered cyclic amide) rings is 1. The molecule has 0 bridgehead atoms. The summed E-state index contributed by atoms with van der Waals surface area (Å²) >= 11 is 0. The number of carboxylic acids is 1. The number of nitrogens with zero attached hydrogens (tertiary/aromatic N) is 2. The first-order valence-electron chi connectivity index (χ1n) is 6.67. The average molecular weight is 322 g/mol. The van der Waals surface area contributed by atoms with Gasteiger partial charge in [0.2, 0.25) is 5.91 Å². The van der Waals surface area contributed by atoms with Crippen LogP contribution in [0.3, 0.4) is 0 Å². The fraction of sp³-hybridized carbons (Fsp3) is 0.357. The zero-order valence-electron chi connectivity index (χ0n) is 11.7. The molecule has 0 radical (unpaired) electrons. The van der Waals surface area contributed by atoms with E-state index >= 15 is 0 Å². The number of pyridine rings is 1. The predicted molar refractivity (Wildman–Crippen MR) is 77.3 cm³/mol. The lowest BCUT2D eigenvalue weighted by Gasteiger charge is -2.35. The maximum absolute atomic E-state index is 12.6. The highest BCUT2D eigenvalue weighted by Crippen LogP contribution is 2.46. The number of carbonyl (C=O) groups is 2. The molecule has 0 spiro atoms. The van der Waals surface area contributed by atoms with Crippen LogP contribution < -0.4 is 0 Å². The summed E-state index contributed by atoms with van der Waals surface area (Å²) in [6.45, 7) is 1.34. The Balaban J connectivity index is 2.07. The monoisotopic (exact) mass is 322 g/mol. The highest BCUT2D eigenvalue weighted by molar-refractivity contribution is 7.94. The molecule has 0 unspecified atom stereocenters. The van der Waals surface area contributed by atoms with Gasteiger partial charge in [-0.3, -0.25) is 9.78 Å². The molecular formula is C14H14N2O5S. The van der Waals surface area contributed by atoms with Gasteiger partial charge in [-0.05, 0) is 25.1 Å². The Labute approximate surface area is 127 Å². The van der Waals surface area contributed by atoms with E-state index < -0.39 is 37.9 Å². The van der Waals surface area contributed by atoms with Crippen molar-refractivity contribution in [3.8, 4) is 0 Å². The Hall–Kier alpha value is -2.22. The largest absolute Gasteiger partial charge is 0.480 e. The predicted octanol–water partition coefficient (Wildman–Crippen LogP) is 0.294. The van der Waals surface area contributed by atoms with E-state index in [2.05, 4.69) is 4.98 Å². The normalized spacial score (nSPS) is 32.8. The second-order valence-corrected chi connectivity index (χ2v) is 8.03. The summed E-state index contributed by atoms with van der Waals surface area (Å²) in [4.78, 5) is 28.2. The molecule has 22 heavy (non-hydrogen) atoms. The second kappa shape index (κ2) is 4.64. The molecule has 0 aliphatic carbocycles. The number of amides is 1. The Bertz CT molecular complexity index is 774. The van der Waals surface area contributed by atoms with Gasteiger partial charge in [-0.25, -0.2) is 13.2 Å². The Morgan fingerprint density at radius 2 is 2.23 bits per heavy atom. The summed E-state index contributed by atoms with van der Waals surface area (Å²) in [5, 5.41) is 8.37. The third kappa shape index (κ3) is 1.80. The highest BCUT2D eigenvalue weighted by atomic mass is 32.2. The molecule has 1 amide bonds. The van der Waals surface area contributed by atoms with Crippen molar-refractivity contribution in [2.24, 2.45) is 0 Å². The maximum atomic E-state index is 12.6. The minimum atomic E-state index is -3.82. The molecular weight excluding hydrogens is 308 g/mol. The van der Waals surface area contributed by atoms with Gasteiger partial charge in [0.25, 0.3) is 0 Å². The molecule has 1 aromatic rings. The summed E-state index contributed by atoms with van der Waals surface area (Å²) in [5.74, 6) is -1.77. The molecule has 3 atom stereocenters. The minimum absolute atomic E-state index is 0.154. The molecule has 8 heteroatoms. The van der Waals surface area contributed by atoms with E-state index in [-0.39, 0.29) is 6.42 Å². The van der Waals surface area contributed by atoms with Crippen LogP contribution in [-0.2, 0) is 19.4 Å². The summed E-state index contributed by atoms with van der Waals surface area (Å²) in [7, 11) is -3.82. The Kier molecular flexibility index (Phi) is 3.10. The minimum Gasteiger partial charge on any atom is -0.480 e. The van der Waals surface area contributed by atoms with Crippen LogP contribution in [0.4, 0.5) is 0 Å². The highest BCUT2D eigenvalue weighted by Gasteiger charge is 2.68. The zero-order chi connectivity index (χ0) is 16.1. The summed E-state index contributed by atoms with van der Waals surface area (Å²) in [5.41, 5.74) is 0.517. The van der Waals surface area contributed by atoms with Gasteiger partial charge < -0.3 is 10.0 Å². The number of carbonyl (C=O) groups excluding carboxylic acids is 1. The molecule has 2 saturated heterocycles. The van der Waals surface area contributed by atoms with Gasteiger partial charge in [0.05, 0.1) is 12.1 Å². The molecule has 1 aromatic heterocycles. The molecule has 7 nitrogen and oxygen atoms in total. The fourth-order valence-corrected chi connectivity index (χ4v) is 5.24. The summed E-state index contributed by atoms with van der Waals surface area (Å²) < 4.78 is 23.6. The molecule has 1 N–H and O–H groups in total. The quantitative estimate of drug-likeness (QED) is 0.802. The standard InChI is InChI=1S/C14H14N2O5S/c1-14(6-5-9-4-2-3-7-15-9)12(13(18)19)16-10(17)8-11(16)22(14,20)21/h2-7,11-12H,8H2,1H3,(H,18,19)/b6-5-/t11-,12+,14+/m1/s1. The summed E-state index contributed by atoms with van der Waals surface area (Å²) in [6, 6.07) is 3.72. The van der Waals surface area contributed by atoms with Crippen molar-refractivity contribution >= 4 is 27.8 Å². The topological polar surface area (TPSA) is 105 Å². The first-order chi connectivity index (χ1) is 10.3. The van der Waals surface area contributed by atoms with Crippen LogP contribution in [0, 0.1) is 0 Å². The van der Waals surface area contributed by atoms with Crippen molar-refractivity contribution < 1.29 is 23.1 Å². The third-order valence-electron chi connectivity index (χ3n) is 4.25. The van der Waals surface area contributed by atoms with Crippen molar-refractivity contribution in [2.45, 2.75) is 29.5 Å². The number of aliphatic carboxylic acids is 1. The molecule has 116 valence electrons. The van der Waals surface area contributed by atoms with Crippen molar-refractivity contribution in [1.82, 2.24) is 9.88 Å².